The molecule has 1 aliphatic heterocycles. The van der Waals surface area contributed by atoms with Crippen LogP contribution in [0.15, 0.2) is 21.8 Å². The second-order valence-corrected chi connectivity index (χ2v) is 8.03. The first-order chi connectivity index (χ1) is 13.1. The minimum Gasteiger partial charge on any atom is -0.382 e. The van der Waals surface area contributed by atoms with Gasteiger partial charge in [-0.15, -0.1) is 24.0 Å². The monoisotopic (exact) mass is 531 g/mol. The molecule has 0 spiro atoms. The number of piperazine rings is 1. The Morgan fingerprint density at radius 1 is 1.29 bits per heavy atom. The van der Waals surface area contributed by atoms with Crippen molar-refractivity contribution < 1.29 is 22.4 Å². The van der Waals surface area contributed by atoms with Crippen molar-refractivity contribution in [1.82, 2.24) is 19.7 Å². The van der Waals surface area contributed by atoms with Gasteiger partial charge in [0.25, 0.3) is 0 Å². The highest BCUT2D eigenvalue weighted by Gasteiger charge is 2.28. The molecule has 10 nitrogen and oxygen atoms in total. The molecule has 1 fully saturated rings. The first-order valence-corrected chi connectivity index (χ1v) is 10.6. The van der Waals surface area contributed by atoms with E-state index in [0.717, 1.165) is 18.9 Å². The van der Waals surface area contributed by atoms with Gasteiger partial charge >= 0.3 is 0 Å². The molecule has 1 aromatic rings. The van der Waals surface area contributed by atoms with Gasteiger partial charge in [-0.2, -0.15) is 4.31 Å². The quantitative estimate of drug-likeness (QED) is 0.200. The maximum atomic E-state index is 12.5. The smallest absolute Gasteiger partial charge is 0.220 e. The molecule has 0 radical (unpaired) electrons. The number of ether oxygens (including phenoxy) is 2. The third-order valence-electron chi connectivity index (χ3n) is 4.15. The van der Waals surface area contributed by atoms with Crippen LogP contribution in [-0.4, -0.2) is 95.4 Å². The first kappa shape index (κ1) is 25.1. The van der Waals surface area contributed by atoms with Gasteiger partial charge in [0.15, 0.2) is 5.96 Å². The number of hydrogen-bond donors (Lipinski definition) is 1. The summed E-state index contributed by atoms with van der Waals surface area (Å²) in [7, 11) is -0.0227. The molecule has 12 heteroatoms. The maximum Gasteiger partial charge on any atom is 0.220 e. The number of guanidine groups is 1. The lowest BCUT2D eigenvalue weighted by Crippen LogP contribution is -2.54. The Morgan fingerprint density at radius 2 is 2.04 bits per heavy atom. The standard InChI is InChI=1S/C16H29N5O5S.HI/c1-17-16(18-5-3-10-25-13-12-24-2)20-6-8-21(9-7-20)27(22,23)14-15-4-11-26-19-15;/h4,11H,3,5-10,12-14H2,1-2H3,(H,17,18);1H. The van der Waals surface area contributed by atoms with Crippen LogP contribution >= 0.6 is 24.0 Å². The van der Waals surface area contributed by atoms with Crippen molar-refractivity contribution in [2.24, 2.45) is 4.99 Å². The number of aromatic nitrogens is 1. The lowest BCUT2D eigenvalue weighted by Gasteiger charge is -2.35. The van der Waals surface area contributed by atoms with Gasteiger partial charge in [-0.05, 0) is 6.42 Å². The zero-order chi connectivity index (χ0) is 19.5. The van der Waals surface area contributed by atoms with Crippen molar-refractivity contribution in [3.63, 3.8) is 0 Å². The molecule has 0 amide bonds. The maximum absolute atomic E-state index is 12.5. The highest BCUT2D eigenvalue weighted by molar-refractivity contribution is 14.0. The molecular weight excluding hydrogens is 501 g/mol. The Bertz CT molecular complexity index is 663. The number of hydrogen-bond acceptors (Lipinski definition) is 7. The summed E-state index contributed by atoms with van der Waals surface area (Å²) in [6.45, 7) is 4.59. The number of nitrogens with zero attached hydrogens (tertiary/aromatic N) is 4. The minimum absolute atomic E-state index is 0. The summed E-state index contributed by atoms with van der Waals surface area (Å²) in [5.74, 6) is 0.639. The van der Waals surface area contributed by atoms with Crippen LogP contribution in [0.4, 0.5) is 0 Å². The van der Waals surface area contributed by atoms with Gasteiger partial charge in [-0.1, -0.05) is 5.16 Å². The van der Waals surface area contributed by atoms with Crippen molar-refractivity contribution in [3.8, 4) is 0 Å². The highest BCUT2D eigenvalue weighted by atomic mass is 127. The Balaban J connectivity index is 0.00000392. The topological polar surface area (TPSA) is 110 Å². The van der Waals surface area contributed by atoms with E-state index in [2.05, 4.69) is 20.4 Å². The third kappa shape index (κ3) is 8.19. The lowest BCUT2D eigenvalue weighted by atomic mass is 10.4. The van der Waals surface area contributed by atoms with E-state index in [1.807, 2.05) is 0 Å². The Hall–Kier alpha value is -0.960. The molecule has 1 N–H and O–H groups in total. The van der Waals surface area contributed by atoms with Gasteiger partial charge in [-0.3, -0.25) is 4.99 Å². The molecule has 0 bridgehead atoms. The third-order valence-corrected chi connectivity index (χ3v) is 5.96. The molecule has 28 heavy (non-hydrogen) atoms. The van der Waals surface area contributed by atoms with Gasteiger partial charge < -0.3 is 24.2 Å². The predicted octanol–water partition coefficient (Wildman–Crippen LogP) is 0.369. The molecule has 162 valence electrons. The van der Waals surface area contributed by atoms with Crippen molar-refractivity contribution in [1.29, 1.82) is 0 Å². The van der Waals surface area contributed by atoms with E-state index in [1.165, 1.54) is 10.6 Å². The summed E-state index contributed by atoms with van der Waals surface area (Å²) in [6.07, 6.45) is 2.23. The number of halogens is 1. The largest absolute Gasteiger partial charge is 0.382 e. The number of sulfonamides is 1. The molecule has 2 rings (SSSR count). The average Bonchev–Trinajstić information content (AvgIpc) is 3.16. The van der Waals surface area contributed by atoms with Crippen molar-refractivity contribution in [2.45, 2.75) is 12.2 Å². The van der Waals surface area contributed by atoms with E-state index < -0.39 is 10.0 Å². The Morgan fingerprint density at radius 3 is 2.64 bits per heavy atom. The SMILES string of the molecule is CN=C(NCCCOCCOC)N1CCN(S(=O)(=O)Cc2ccon2)CC1.I. The summed E-state index contributed by atoms with van der Waals surface area (Å²) >= 11 is 0. The van der Waals surface area contributed by atoms with Crippen LogP contribution in [0, 0.1) is 0 Å². The van der Waals surface area contributed by atoms with Crippen molar-refractivity contribution >= 4 is 40.0 Å². The fraction of sp³-hybridized carbons (Fsp3) is 0.750. The van der Waals surface area contributed by atoms with Gasteiger partial charge in [0.1, 0.15) is 12.0 Å². The average molecular weight is 531 g/mol. The minimum atomic E-state index is -3.40. The van der Waals surface area contributed by atoms with Crippen LogP contribution in [0.25, 0.3) is 0 Å². The van der Waals surface area contributed by atoms with Crippen LogP contribution in [-0.2, 0) is 25.2 Å². The van der Waals surface area contributed by atoms with Crippen LogP contribution in [0.5, 0.6) is 0 Å². The van der Waals surface area contributed by atoms with Gasteiger partial charge in [0.2, 0.25) is 10.0 Å². The summed E-state index contributed by atoms with van der Waals surface area (Å²) in [5, 5.41) is 6.97. The second-order valence-electron chi connectivity index (χ2n) is 6.07. The van der Waals surface area contributed by atoms with E-state index in [4.69, 9.17) is 14.0 Å². The molecule has 0 aliphatic carbocycles. The summed E-state index contributed by atoms with van der Waals surface area (Å²) in [4.78, 5) is 6.35. The summed E-state index contributed by atoms with van der Waals surface area (Å²) < 4.78 is 41.5. The van der Waals surface area contributed by atoms with Crippen molar-refractivity contribution in [3.05, 3.63) is 18.0 Å². The normalized spacial score (nSPS) is 16.1. The highest BCUT2D eigenvalue weighted by Crippen LogP contribution is 2.12. The lowest BCUT2D eigenvalue weighted by molar-refractivity contribution is 0.0698. The number of aliphatic imine (C=N–C) groups is 1. The zero-order valence-electron chi connectivity index (χ0n) is 16.4. The van der Waals surface area contributed by atoms with E-state index in [-0.39, 0.29) is 29.7 Å². The molecule has 1 saturated heterocycles. The van der Waals surface area contributed by atoms with Crippen molar-refractivity contribution in [2.75, 3.05) is 66.7 Å². The molecule has 0 atom stereocenters. The van der Waals surface area contributed by atoms with Crippen LogP contribution in [0.1, 0.15) is 12.1 Å². The molecule has 0 aromatic carbocycles. The fourth-order valence-electron chi connectivity index (χ4n) is 2.72. The zero-order valence-corrected chi connectivity index (χ0v) is 19.5. The van der Waals surface area contributed by atoms with E-state index in [0.29, 0.717) is 51.7 Å². The molecule has 1 aliphatic rings. The summed E-state index contributed by atoms with van der Waals surface area (Å²) in [5.41, 5.74) is 0.419. The number of rotatable bonds is 10. The van der Waals surface area contributed by atoms with E-state index in [1.54, 1.807) is 20.2 Å². The van der Waals surface area contributed by atoms with Gasteiger partial charge in [0, 0.05) is 59.6 Å². The molecular formula is C16H30IN5O5S. The number of nitrogens with one attached hydrogen (secondary N) is 1. The Kier molecular flexibility index (Phi) is 11.9. The molecule has 1 aromatic heterocycles. The van der Waals surface area contributed by atoms with E-state index >= 15 is 0 Å². The fourth-order valence-corrected chi connectivity index (χ4v) is 4.14. The summed E-state index contributed by atoms with van der Waals surface area (Å²) in [6, 6.07) is 1.57. The van der Waals surface area contributed by atoms with Gasteiger partial charge in [-0.25, -0.2) is 8.42 Å². The van der Waals surface area contributed by atoms with E-state index in [9.17, 15) is 8.42 Å². The number of methoxy groups -OCH3 is 1. The van der Waals surface area contributed by atoms with Crippen LogP contribution in [0.3, 0.4) is 0 Å². The van der Waals surface area contributed by atoms with Crippen LogP contribution in [0.2, 0.25) is 0 Å². The van der Waals surface area contributed by atoms with Crippen LogP contribution < -0.4 is 5.32 Å². The molecule has 0 saturated carbocycles. The molecule has 0 unspecified atom stereocenters. The molecule has 2 heterocycles. The van der Waals surface area contributed by atoms with Gasteiger partial charge in [0.05, 0.1) is 18.9 Å². The first-order valence-electron chi connectivity index (χ1n) is 8.96. The predicted molar refractivity (Wildman–Crippen MR) is 116 cm³/mol. The Labute approximate surface area is 183 Å². The second kappa shape index (κ2) is 13.3.